The minimum absolute atomic E-state index is 0.00901. The van der Waals surface area contributed by atoms with Crippen molar-refractivity contribution in [3.63, 3.8) is 0 Å². The normalized spacial score (nSPS) is 25.6. The van der Waals surface area contributed by atoms with E-state index in [1.807, 2.05) is 17.8 Å². The highest BCUT2D eigenvalue weighted by molar-refractivity contribution is 5.84. The quantitative estimate of drug-likeness (QED) is 0.840. The molecule has 1 aliphatic carbocycles. The third-order valence-electron chi connectivity index (χ3n) is 5.82. The summed E-state index contributed by atoms with van der Waals surface area (Å²) in [4.78, 5) is 31.2. The first kappa shape index (κ1) is 17.9. The van der Waals surface area contributed by atoms with Gasteiger partial charge in [-0.05, 0) is 19.3 Å². The Morgan fingerprint density at radius 1 is 1.44 bits per heavy atom. The summed E-state index contributed by atoms with van der Waals surface area (Å²) < 4.78 is 7.22. The number of rotatable bonds is 6. The SMILES string of the molecule is COCC1(CNC(=O)[C@H]2CCC(=O)N(C)[C@@H]2c2nccn2C)CCC1. The molecule has 7 heteroatoms. The van der Waals surface area contributed by atoms with Crippen LogP contribution in [0.5, 0.6) is 0 Å². The van der Waals surface area contributed by atoms with Gasteiger partial charge in [0.2, 0.25) is 11.8 Å². The molecule has 2 aliphatic rings. The molecular weight excluding hydrogens is 320 g/mol. The van der Waals surface area contributed by atoms with Crippen LogP contribution in [0.1, 0.15) is 44.0 Å². The lowest BCUT2D eigenvalue weighted by Crippen LogP contribution is -2.50. The molecule has 2 fully saturated rings. The fourth-order valence-electron chi connectivity index (χ4n) is 4.09. The van der Waals surface area contributed by atoms with E-state index >= 15 is 0 Å². The number of carbonyl (C=O) groups is 2. The lowest BCUT2D eigenvalue weighted by Gasteiger charge is -2.42. The van der Waals surface area contributed by atoms with Gasteiger partial charge in [-0.2, -0.15) is 0 Å². The van der Waals surface area contributed by atoms with Crippen molar-refractivity contribution in [3.8, 4) is 0 Å². The lowest BCUT2D eigenvalue weighted by molar-refractivity contribution is -0.142. The fourth-order valence-corrected chi connectivity index (χ4v) is 4.09. The summed E-state index contributed by atoms with van der Waals surface area (Å²) in [5.74, 6) is 0.552. The standard InChI is InChI=1S/C18H28N4O3/c1-21-10-9-19-16(21)15-13(5-6-14(23)22(15)2)17(24)20-11-18(12-25-3)7-4-8-18/h9-10,13,15H,4-8,11-12H2,1-3H3,(H,20,24)/t13-,15-/m0/s1. The van der Waals surface area contributed by atoms with Gasteiger partial charge in [0.05, 0.1) is 12.5 Å². The summed E-state index contributed by atoms with van der Waals surface area (Å²) in [5.41, 5.74) is 0.0829. The monoisotopic (exact) mass is 348 g/mol. The predicted octanol–water partition coefficient (Wildman–Crippen LogP) is 1.26. The van der Waals surface area contributed by atoms with Crippen LogP contribution in [0.3, 0.4) is 0 Å². The van der Waals surface area contributed by atoms with Crippen LogP contribution in [-0.2, 0) is 21.4 Å². The number of methoxy groups -OCH3 is 1. The molecule has 0 spiro atoms. The summed E-state index contributed by atoms with van der Waals surface area (Å²) in [5, 5.41) is 3.13. The van der Waals surface area contributed by atoms with Gasteiger partial charge in [-0.15, -0.1) is 0 Å². The van der Waals surface area contributed by atoms with Gasteiger partial charge >= 0.3 is 0 Å². The number of imidazole rings is 1. The molecule has 1 saturated carbocycles. The third kappa shape index (κ3) is 3.42. The Labute approximate surface area is 148 Å². The second kappa shape index (κ2) is 7.15. The number of amides is 2. The number of nitrogens with zero attached hydrogens (tertiary/aromatic N) is 3. The topological polar surface area (TPSA) is 76.5 Å². The molecule has 0 aromatic carbocycles. The molecule has 0 bridgehead atoms. The number of carbonyl (C=O) groups excluding carboxylic acids is 2. The molecular formula is C18H28N4O3. The molecule has 1 aromatic heterocycles. The predicted molar refractivity (Wildman–Crippen MR) is 92.6 cm³/mol. The van der Waals surface area contributed by atoms with Crippen molar-refractivity contribution < 1.29 is 14.3 Å². The Bertz CT molecular complexity index is 638. The minimum Gasteiger partial charge on any atom is -0.384 e. The Morgan fingerprint density at radius 2 is 2.20 bits per heavy atom. The first-order valence-corrected chi connectivity index (χ1v) is 8.97. The largest absolute Gasteiger partial charge is 0.384 e. The second-order valence-corrected chi connectivity index (χ2v) is 7.50. The van der Waals surface area contributed by atoms with E-state index in [0.717, 1.165) is 18.7 Å². The number of hydrogen-bond donors (Lipinski definition) is 1. The fraction of sp³-hybridized carbons (Fsp3) is 0.722. The van der Waals surface area contributed by atoms with Gasteiger partial charge in [-0.3, -0.25) is 9.59 Å². The number of piperidine rings is 1. The van der Waals surface area contributed by atoms with Crippen molar-refractivity contribution in [2.45, 2.75) is 38.1 Å². The second-order valence-electron chi connectivity index (χ2n) is 7.50. The van der Waals surface area contributed by atoms with Crippen LogP contribution in [0, 0.1) is 11.3 Å². The highest BCUT2D eigenvalue weighted by atomic mass is 16.5. The molecule has 2 heterocycles. The highest BCUT2D eigenvalue weighted by Crippen LogP contribution is 2.41. The molecule has 1 aromatic rings. The number of ether oxygens (including phenoxy) is 1. The maximum atomic E-state index is 12.9. The van der Waals surface area contributed by atoms with E-state index in [-0.39, 0.29) is 29.2 Å². The summed E-state index contributed by atoms with van der Waals surface area (Å²) in [6, 6.07) is -0.319. The van der Waals surface area contributed by atoms with E-state index in [1.165, 1.54) is 6.42 Å². The van der Waals surface area contributed by atoms with E-state index in [9.17, 15) is 9.59 Å². The van der Waals surface area contributed by atoms with Crippen molar-refractivity contribution in [3.05, 3.63) is 18.2 Å². The highest BCUT2D eigenvalue weighted by Gasteiger charge is 2.42. The maximum Gasteiger partial charge on any atom is 0.225 e. The molecule has 3 rings (SSSR count). The Morgan fingerprint density at radius 3 is 2.76 bits per heavy atom. The van der Waals surface area contributed by atoms with E-state index in [2.05, 4.69) is 10.3 Å². The zero-order chi connectivity index (χ0) is 18.0. The van der Waals surface area contributed by atoms with Crippen molar-refractivity contribution in [2.24, 2.45) is 18.4 Å². The van der Waals surface area contributed by atoms with Crippen LogP contribution < -0.4 is 5.32 Å². The summed E-state index contributed by atoms with van der Waals surface area (Å²) >= 11 is 0. The van der Waals surface area contributed by atoms with Crippen LogP contribution in [0.15, 0.2) is 12.4 Å². The third-order valence-corrected chi connectivity index (χ3v) is 5.82. The molecule has 1 saturated heterocycles. The van der Waals surface area contributed by atoms with Crippen LogP contribution in [0.2, 0.25) is 0 Å². The van der Waals surface area contributed by atoms with Crippen molar-refractivity contribution in [1.82, 2.24) is 19.8 Å². The van der Waals surface area contributed by atoms with Gasteiger partial charge < -0.3 is 19.5 Å². The molecule has 2 atom stereocenters. The molecule has 25 heavy (non-hydrogen) atoms. The average Bonchev–Trinajstić information content (AvgIpc) is 2.97. The van der Waals surface area contributed by atoms with Crippen LogP contribution in [0.25, 0.3) is 0 Å². The molecule has 1 aliphatic heterocycles. The smallest absolute Gasteiger partial charge is 0.225 e. The van der Waals surface area contributed by atoms with E-state index < -0.39 is 0 Å². The molecule has 138 valence electrons. The first-order valence-electron chi connectivity index (χ1n) is 8.97. The molecule has 0 radical (unpaired) electrons. The lowest BCUT2D eigenvalue weighted by atomic mass is 9.69. The van der Waals surface area contributed by atoms with Gasteiger partial charge in [0.1, 0.15) is 11.9 Å². The number of aromatic nitrogens is 2. The van der Waals surface area contributed by atoms with Crippen molar-refractivity contribution in [2.75, 3.05) is 27.3 Å². The van der Waals surface area contributed by atoms with E-state index in [0.29, 0.717) is 26.0 Å². The Hall–Kier alpha value is -1.89. The Kier molecular flexibility index (Phi) is 5.13. The zero-order valence-corrected chi connectivity index (χ0v) is 15.3. The van der Waals surface area contributed by atoms with Gasteiger partial charge in [0, 0.05) is 52.0 Å². The number of nitrogens with one attached hydrogen (secondary N) is 1. The number of likely N-dealkylation sites (tertiary alicyclic amines) is 1. The molecule has 1 N–H and O–H groups in total. The van der Waals surface area contributed by atoms with Gasteiger partial charge in [-0.25, -0.2) is 4.98 Å². The van der Waals surface area contributed by atoms with Gasteiger partial charge in [0.25, 0.3) is 0 Å². The van der Waals surface area contributed by atoms with E-state index in [1.54, 1.807) is 25.3 Å². The summed E-state index contributed by atoms with van der Waals surface area (Å²) in [6.45, 7) is 1.32. The van der Waals surface area contributed by atoms with E-state index in [4.69, 9.17) is 4.74 Å². The molecule has 0 unspecified atom stereocenters. The average molecular weight is 348 g/mol. The zero-order valence-electron chi connectivity index (χ0n) is 15.3. The van der Waals surface area contributed by atoms with Crippen molar-refractivity contribution in [1.29, 1.82) is 0 Å². The van der Waals surface area contributed by atoms with Crippen LogP contribution in [-0.4, -0.2) is 53.6 Å². The molecule has 7 nitrogen and oxygen atoms in total. The minimum atomic E-state index is -0.319. The van der Waals surface area contributed by atoms with Gasteiger partial charge in [-0.1, -0.05) is 6.42 Å². The summed E-state index contributed by atoms with van der Waals surface area (Å²) in [7, 11) is 5.37. The number of aryl methyl sites for hydroxylation is 1. The van der Waals surface area contributed by atoms with Crippen LogP contribution in [0.4, 0.5) is 0 Å². The summed E-state index contributed by atoms with van der Waals surface area (Å²) in [6.07, 6.45) is 7.89. The van der Waals surface area contributed by atoms with Gasteiger partial charge in [0.15, 0.2) is 0 Å². The molecule has 2 amide bonds. The first-order chi connectivity index (χ1) is 12.0. The maximum absolute atomic E-state index is 12.9. The Balaban J connectivity index is 1.73. The number of hydrogen-bond acceptors (Lipinski definition) is 4. The van der Waals surface area contributed by atoms with Crippen molar-refractivity contribution >= 4 is 11.8 Å². The van der Waals surface area contributed by atoms with Crippen LogP contribution >= 0.6 is 0 Å².